The second-order valence-corrected chi connectivity index (χ2v) is 7.05. The number of hydrogen-bond donors (Lipinski definition) is 1. The predicted molar refractivity (Wildman–Crippen MR) is 101 cm³/mol. The summed E-state index contributed by atoms with van der Waals surface area (Å²) in [4.78, 5) is 18.6. The van der Waals surface area contributed by atoms with Gasteiger partial charge in [-0.2, -0.15) is 13.2 Å². The van der Waals surface area contributed by atoms with E-state index in [1.165, 1.54) is 12.1 Å². The minimum Gasteiger partial charge on any atom is -0.351 e. The molecule has 0 radical (unpaired) electrons. The topological polar surface area (TPSA) is 53.8 Å². The number of amidine groups is 1. The minimum absolute atomic E-state index is 0.00158. The van der Waals surface area contributed by atoms with Gasteiger partial charge >= 0.3 is 6.18 Å². The van der Waals surface area contributed by atoms with Crippen molar-refractivity contribution in [3.05, 3.63) is 46.4 Å². The molecule has 1 unspecified atom stereocenters. The van der Waals surface area contributed by atoms with Gasteiger partial charge in [-0.05, 0) is 44.0 Å². The fourth-order valence-corrected chi connectivity index (χ4v) is 2.86. The molecule has 1 amide bonds. The number of nitrogens with one attached hydrogen (secondary N) is 1. The van der Waals surface area contributed by atoms with Gasteiger partial charge in [0.05, 0.1) is 10.6 Å². The van der Waals surface area contributed by atoms with E-state index in [0.29, 0.717) is 17.9 Å². The Bertz CT molecular complexity index is 801. The van der Waals surface area contributed by atoms with Gasteiger partial charge in [0.2, 0.25) is 5.84 Å². The SMILES string of the molecule is C=N/C(=N\C=C(/C)C(CNC(=O)c1cccc(F)c1Cl)CC1CC1)C(F)(F)F. The summed E-state index contributed by atoms with van der Waals surface area (Å²) >= 11 is 5.82. The van der Waals surface area contributed by atoms with Crippen LogP contribution in [0.3, 0.4) is 0 Å². The van der Waals surface area contributed by atoms with Crippen LogP contribution in [0.5, 0.6) is 0 Å². The van der Waals surface area contributed by atoms with Crippen LogP contribution in [-0.2, 0) is 0 Å². The number of aliphatic imine (C=N–C) groups is 2. The van der Waals surface area contributed by atoms with E-state index in [-0.39, 0.29) is 23.0 Å². The van der Waals surface area contributed by atoms with Crippen molar-refractivity contribution in [2.45, 2.75) is 32.4 Å². The van der Waals surface area contributed by atoms with Gasteiger partial charge in [-0.1, -0.05) is 36.1 Å². The van der Waals surface area contributed by atoms with Crippen LogP contribution in [-0.4, -0.2) is 31.2 Å². The molecule has 1 aromatic carbocycles. The summed E-state index contributed by atoms with van der Waals surface area (Å²) in [6.07, 6.45) is -0.798. The predicted octanol–water partition coefficient (Wildman–Crippen LogP) is 5.19. The third-order valence-electron chi connectivity index (χ3n) is 4.46. The molecular formula is C19H20ClF4N3O. The van der Waals surface area contributed by atoms with Crippen LogP contribution in [0.25, 0.3) is 0 Å². The van der Waals surface area contributed by atoms with Crippen LogP contribution in [0, 0.1) is 17.7 Å². The average Bonchev–Trinajstić information content (AvgIpc) is 3.44. The van der Waals surface area contributed by atoms with Gasteiger partial charge in [0, 0.05) is 12.7 Å². The van der Waals surface area contributed by atoms with E-state index in [0.717, 1.165) is 25.1 Å². The molecular weight excluding hydrogens is 398 g/mol. The maximum atomic E-state index is 13.5. The fourth-order valence-electron chi connectivity index (χ4n) is 2.65. The van der Waals surface area contributed by atoms with Crippen LogP contribution in [0.15, 0.2) is 40.0 Å². The van der Waals surface area contributed by atoms with E-state index in [1.807, 2.05) is 0 Å². The molecule has 2 rings (SSSR count). The zero-order valence-electron chi connectivity index (χ0n) is 15.2. The third-order valence-corrected chi connectivity index (χ3v) is 4.84. The van der Waals surface area contributed by atoms with E-state index in [9.17, 15) is 22.4 Å². The van der Waals surface area contributed by atoms with Gasteiger partial charge in [-0.3, -0.25) is 4.79 Å². The van der Waals surface area contributed by atoms with Crippen molar-refractivity contribution in [2.75, 3.05) is 6.54 Å². The summed E-state index contributed by atoms with van der Waals surface area (Å²) in [5, 5.41) is 2.40. The number of halogens is 5. The molecule has 0 aliphatic heterocycles. The Kier molecular flexibility index (Phi) is 7.35. The Morgan fingerprint density at radius 3 is 2.68 bits per heavy atom. The van der Waals surface area contributed by atoms with Gasteiger partial charge < -0.3 is 5.32 Å². The van der Waals surface area contributed by atoms with Crippen molar-refractivity contribution in [3.63, 3.8) is 0 Å². The molecule has 1 fully saturated rings. The Hall–Kier alpha value is -2.22. The lowest BCUT2D eigenvalue weighted by Gasteiger charge is -2.18. The van der Waals surface area contributed by atoms with E-state index >= 15 is 0 Å². The fraction of sp³-hybridized carbons (Fsp3) is 0.421. The number of carbonyl (C=O) groups is 1. The monoisotopic (exact) mass is 417 g/mol. The normalized spacial score (nSPS) is 16.6. The van der Waals surface area contributed by atoms with Gasteiger partial charge in [0.25, 0.3) is 5.91 Å². The second kappa shape index (κ2) is 9.32. The summed E-state index contributed by atoms with van der Waals surface area (Å²) in [6, 6.07) is 3.92. The van der Waals surface area contributed by atoms with Crippen molar-refractivity contribution in [1.82, 2.24) is 5.32 Å². The number of carbonyl (C=O) groups excluding carboxylic acids is 1. The smallest absolute Gasteiger partial charge is 0.351 e. The first-order chi connectivity index (χ1) is 13.1. The molecule has 0 spiro atoms. The van der Waals surface area contributed by atoms with Crippen molar-refractivity contribution < 1.29 is 22.4 Å². The third kappa shape index (κ3) is 6.15. The largest absolute Gasteiger partial charge is 0.451 e. The number of benzene rings is 1. The zero-order valence-corrected chi connectivity index (χ0v) is 15.9. The number of rotatable bonds is 7. The number of alkyl halides is 3. The molecule has 9 heteroatoms. The summed E-state index contributed by atoms with van der Waals surface area (Å²) in [5.74, 6) is -2.33. The molecule has 4 nitrogen and oxygen atoms in total. The highest BCUT2D eigenvalue weighted by Gasteiger charge is 2.35. The number of nitrogens with zero attached hydrogens (tertiary/aromatic N) is 2. The highest BCUT2D eigenvalue weighted by atomic mass is 35.5. The Morgan fingerprint density at radius 1 is 1.43 bits per heavy atom. The summed E-state index contributed by atoms with van der Waals surface area (Å²) in [7, 11) is 0. The molecule has 0 heterocycles. The second-order valence-electron chi connectivity index (χ2n) is 6.67. The molecule has 1 aromatic rings. The first-order valence-corrected chi connectivity index (χ1v) is 9.01. The molecule has 1 aliphatic rings. The first kappa shape index (κ1) is 22.1. The summed E-state index contributed by atoms with van der Waals surface area (Å²) in [6.45, 7) is 4.70. The van der Waals surface area contributed by atoms with Crippen molar-refractivity contribution in [1.29, 1.82) is 0 Å². The van der Waals surface area contributed by atoms with Crippen molar-refractivity contribution >= 4 is 30.1 Å². The van der Waals surface area contributed by atoms with Crippen molar-refractivity contribution in [2.24, 2.45) is 21.8 Å². The minimum atomic E-state index is -4.69. The molecule has 1 atom stereocenters. The Morgan fingerprint density at radius 2 is 2.11 bits per heavy atom. The Labute approximate surface area is 165 Å². The highest BCUT2D eigenvalue weighted by molar-refractivity contribution is 6.34. The number of hydrogen-bond acceptors (Lipinski definition) is 2. The standard InChI is InChI=1S/C19H20ClF4N3O/c1-11(9-27-18(25-2)19(22,23)24)13(8-12-6-7-12)10-26-17(28)14-4-3-5-15(21)16(14)20/h3-5,9,12-13H,2,6-8,10H2,1H3,(H,26,28)/b11-9+,27-18-. The molecule has 0 aromatic heterocycles. The Balaban J connectivity index is 2.11. The summed E-state index contributed by atoms with van der Waals surface area (Å²) in [5.41, 5.74) is 0.574. The van der Waals surface area contributed by atoms with Crippen LogP contribution in [0.2, 0.25) is 5.02 Å². The zero-order chi connectivity index (χ0) is 20.9. The molecule has 0 bridgehead atoms. The van der Waals surface area contributed by atoms with Gasteiger partial charge in [0.1, 0.15) is 5.82 Å². The van der Waals surface area contributed by atoms with Crippen LogP contribution >= 0.6 is 11.6 Å². The van der Waals surface area contributed by atoms with Crippen LogP contribution < -0.4 is 5.32 Å². The van der Waals surface area contributed by atoms with E-state index in [4.69, 9.17) is 11.6 Å². The lowest BCUT2D eigenvalue weighted by Crippen LogP contribution is -2.30. The van der Waals surface area contributed by atoms with E-state index in [1.54, 1.807) is 6.92 Å². The summed E-state index contributed by atoms with van der Waals surface area (Å²) < 4.78 is 51.6. The van der Waals surface area contributed by atoms with E-state index < -0.39 is 23.7 Å². The van der Waals surface area contributed by atoms with Crippen LogP contribution in [0.1, 0.15) is 36.5 Å². The van der Waals surface area contributed by atoms with E-state index in [2.05, 4.69) is 22.0 Å². The van der Waals surface area contributed by atoms with Crippen molar-refractivity contribution in [3.8, 4) is 0 Å². The molecule has 0 saturated heterocycles. The average molecular weight is 418 g/mol. The van der Waals surface area contributed by atoms with Gasteiger partial charge in [-0.15, -0.1) is 0 Å². The molecule has 152 valence electrons. The van der Waals surface area contributed by atoms with Gasteiger partial charge in [0.15, 0.2) is 0 Å². The highest BCUT2D eigenvalue weighted by Crippen LogP contribution is 2.37. The quantitative estimate of drug-likeness (QED) is 0.370. The molecule has 1 N–H and O–H groups in total. The maximum Gasteiger partial charge on any atom is 0.451 e. The lowest BCUT2D eigenvalue weighted by atomic mass is 9.94. The first-order valence-electron chi connectivity index (χ1n) is 8.64. The maximum absolute atomic E-state index is 13.5. The lowest BCUT2D eigenvalue weighted by molar-refractivity contribution is -0.0596. The molecule has 1 saturated carbocycles. The molecule has 28 heavy (non-hydrogen) atoms. The van der Waals surface area contributed by atoms with Crippen LogP contribution in [0.4, 0.5) is 17.6 Å². The molecule has 1 aliphatic carbocycles. The number of amides is 1. The van der Waals surface area contributed by atoms with Gasteiger partial charge in [-0.25, -0.2) is 14.4 Å².